The molecule has 2 rings (SSSR count). The van der Waals surface area contributed by atoms with Crippen molar-refractivity contribution < 1.29 is 18.3 Å². The SMILES string of the molecule is CCCn1cc(S(=O)(=O)NCC2CCCCO2)cc1CO. The van der Waals surface area contributed by atoms with Gasteiger partial charge in [0.25, 0.3) is 0 Å². The van der Waals surface area contributed by atoms with Crippen molar-refractivity contribution in [2.45, 2.75) is 56.8 Å². The van der Waals surface area contributed by atoms with Gasteiger partial charge < -0.3 is 14.4 Å². The number of hydrogen-bond donors (Lipinski definition) is 2. The Labute approximate surface area is 126 Å². The molecule has 1 saturated heterocycles. The van der Waals surface area contributed by atoms with Crippen molar-refractivity contribution >= 4 is 10.0 Å². The van der Waals surface area contributed by atoms with E-state index < -0.39 is 10.0 Å². The Morgan fingerprint density at radius 3 is 2.90 bits per heavy atom. The summed E-state index contributed by atoms with van der Waals surface area (Å²) < 4.78 is 34.5. The fraction of sp³-hybridized carbons (Fsp3) is 0.714. The highest BCUT2D eigenvalue weighted by atomic mass is 32.2. The molecule has 0 radical (unpaired) electrons. The van der Waals surface area contributed by atoms with Crippen LogP contribution in [0.25, 0.3) is 0 Å². The van der Waals surface area contributed by atoms with Gasteiger partial charge in [-0.25, -0.2) is 13.1 Å². The molecule has 120 valence electrons. The maximum Gasteiger partial charge on any atom is 0.242 e. The van der Waals surface area contributed by atoms with Crippen LogP contribution in [0.4, 0.5) is 0 Å². The highest BCUT2D eigenvalue weighted by Gasteiger charge is 2.21. The first-order chi connectivity index (χ1) is 10.1. The summed E-state index contributed by atoms with van der Waals surface area (Å²) in [5.41, 5.74) is 0.617. The lowest BCUT2D eigenvalue weighted by atomic mass is 10.1. The maximum absolute atomic E-state index is 12.3. The second-order valence-corrected chi connectivity index (χ2v) is 7.13. The van der Waals surface area contributed by atoms with E-state index in [-0.39, 0.29) is 17.6 Å². The van der Waals surface area contributed by atoms with Crippen molar-refractivity contribution in [3.8, 4) is 0 Å². The van der Waals surface area contributed by atoms with Crippen LogP contribution in [-0.2, 0) is 27.9 Å². The Bertz CT molecular complexity index is 547. The average Bonchev–Trinajstić information content (AvgIpc) is 2.91. The number of aryl methyl sites for hydroxylation is 1. The molecule has 2 N–H and O–H groups in total. The van der Waals surface area contributed by atoms with E-state index in [0.717, 1.165) is 25.7 Å². The van der Waals surface area contributed by atoms with Gasteiger partial charge in [0.2, 0.25) is 10.0 Å². The fourth-order valence-corrected chi connectivity index (χ4v) is 3.64. The molecular weight excluding hydrogens is 292 g/mol. The van der Waals surface area contributed by atoms with Crippen LogP contribution in [-0.4, -0.2) is 37.3 Å². The molecule has 1 aromatic heterocycles. The summed E-state index contributed by atoms with van der Waals surface area (Å²) in [5.74, 6) is 0. The molecule has 0 aliphatic carbocycles. The van der Waals surface area contributed by atoms with Crippen LogP contribution in [0.5, 0.6) is 0 Å². The quantitative estimate of drug-likeness (QED) is 0.793. The van der Waals surface area contributed by atoms with Crippen LogP contribution in [0.1, 0.15) is 38.3 Å². The van der Waals surface area contributed by atoms with Gasteiger partial charge in [-0.05, 0) is 31.7 Å². The van der Waals surface area contributed by atoms with Crippen LogP contribution < -0.4 is 4.72 Å². The molecule has 21 heavy (non-hydrogen) atoms. The minimum absolute atomic E-state index is 0.0384. The minimum atomic E-state index is -3.55. The third kappa shape index (κ3) is 4.29. The predicted molar refractivity (Wildman–Crippen MR) is 79.4 cm³/mol. The van der Waals surface area contributed by atoms with Gasteiger partial charge >= 0.3 is 0 Å². The van der Waals surface area contributed by atoms with E-state index in [0.29, 0.717) is 25.4 Å². The monoisotopic (exact) mass is 316 g/mol. The molecule has 2 heterocycles. The lowest BCUT2D eigenvalue weighted by Crippen LogP contribution is -2.35. The van der Waals surface area contributed by atoms with E-state index in [9.17, 15) is 13.5 Å². The van der Waals surface area contributed by atoms with Crippen molar-refractivity contribution in [3.63, 3.8) is 0 Å². The van der Waals surface area contributed by atoms with Gasteiger partial charge in [-0.1, -0.05) is 6.92 Å². The second-order valence-electron chi connectivity index (χ2n) is 5.36. The second kappa shape index (κ2) is 7.40. The summed E-state index contributed by atoms with van der Waals surface area (Å²) >= 11 is 0. The van der Waals surface area contributed by atoms with Gasteiger partial charge in [0.15, 0.2) is 0 Å². The van der Waals surface area contributed by atoms with Crippen molar-refractivity contribution in [2.75, 3.05) is 13.2 Å². The molecule has 0 saturated carbocycles. The van der Waals surface area contributed by atoms with E-state index in [1.165, 1.54) is 6.07 Å². The summed E-state index contributed by atoms with van der Waals surface area (Å²) in [4.78, 5) is 0.204. The normalized spacial score (nSPS) is 19.8. The van der Waals surface area contributed by atoms with E-state index >= 15 is 0 Å². The van der Waals surface area contributed by atoms with Crippen molar-refractivity contribution in [1.82, 2.24) is 9.29 Å². The number of nitrogens with zero attached hydrogens (tertiary/aromatic N) is 1. The van der Waals surface area contributed by atoms with E-state index in [1.54, 1.807) is 10.8 Å². The summed E-state index contributed by atoms with van der Waals surface area (Å²) in [6, 6.07) is 1.53. The summed E-state index contributed by atoms with van der Waals surface area (Å²) in [6.07, 6.45) is 5.44. The van der Waals surface area contributed by atoms with Gasteiger partial charge in [-0.2, -0.15) is 0 Å². The van der Waals surface area contributed by atoms with Gasteiger partial charge in [0.1, 0.15) is 0 Å². The molecule has 0 amide bonds. The summed E-state index contributed by atoms with van der Waals surface area (Å²) in [7, 11) is -3.55. The number of sulfonamides is 1. The van der Waals surface area contributed by atoms with Crippen LogP contribution in [0.3, 0.4) is 0 Å². The lowest BCUT2D eigenvalue weighted by molar-refractivity contribution is 0.0200. The van der Waals surface area contributed by atoms with Gasteiger partial charge in [0.05, 0.1) is 17.6 Å². The van der Waals surface area contributed by atoms with E-state index in [4.69, 9.17) is 4.74 Å². The highest BCUT2D eigenvalue weighted by Crippen LogP contribution is 2.17. The molecular formula is C14H24N2O4S. The third-order valence-electron chi connectivity index (χ3n) is 3.67. The van der Waals surface area contributed by atoms with Crippen LogP contribution >= 0.6 is 0 Å². The molecule has 6 nitrogen and oxygen atoms in total. The van der Waals surface area contributed by atoms with Crippen molar-refractivity contribution in [2.24, 2.45) is 0 Å². The lowest BCUT2D eigenvalue weighted by Gasteiger charge is -2.22. The Morgan fingerprint density at radius 1 is 1.48 bits per heavy atom. The first kappa shape index (κ1) is 16.5. The van der Waals surface area contributed by atoms with Gasteiger partial charge in [-0.15, -0.1) is 0 Å². The summed E-state index contributed by atoms with van der Waals surface area (Å²) in [6.45, 7) is 3.54. The molecule has 0 spiro atoms. The smallest absolute Gasteiger partial charge is 0.242 e. The number of aliphatic hydroxyl groups excluding tert-OH is 1. The Balaban J connectivity index is 2.04. The summed E-state index contributed by atoms with van der Waals surface area (Å²) in [5, 5.41) is 9.30. The molecule has 1 aliphatic heterocycles. The van der Waals surface area contributed by atoms with Crippen LogP contribution in [0, 0.1) is 0 Å². The maximum atomic E-state index is 12.3. The Kier molecular flexibility index (Phi) is 5.80. The highest BCUT2D eigenvalue weighted by molar-refractivity contribution is 7.89. The molecule has 1 atom stereocenters. The van der Waals surface area contributed by atoms with Crippen LogP contribution in [0.2, 0.25) is 0 Å². The van der Waals surface area contributed by atoms with Crippen molar-refractivity contribution in [3.05, 3.63) is 18.0 Å². The molecule has 7 heteroatoms. The van der Waals surface area contributed by atoms with Crippen molar-refractivity contribution in [1.29, 1.82) is 0 Å². The predicted octanol–water partition coefficient (Wildman–Crippen LogP) is 1.24. The van der Waals surface area contributed by atoms with E-state index in [2.05, 4.69) is 4.72 Å². The molecule has 1 fully saturated rings. The topological polar surface area (TPSA) is 80.6 Å². The zero-order chi connectivity index (χ0) is 15.3. The number of ether oxygens (including phenoxy) is 1. The Morgan fingerprint density at radius 2 is 2.29 bits per heavy atom. The first-order valence-corrected chi connectivity index (χ1v) is 8.96. The number of aliphatic hydroxyl groups is 1. The average molecular weight is 316 g/mol. The number of rotatable bonds is 7. The molecule has 0 aromatic carbocycles. The number of hydrogen-bond acceptors (Lipinski definition) is 4. The fourth-order valence-electron chi connectivity index (χ4n) is 2.51. The van der Waals surface area contributed by atoms with Crippen LogP contribution in [0.15, 0.2) is 17.2 Å². The standard InChI is InChI=1S/C14H24N2O4S/c1-2-6-16-10-14(8-12(16)11-17)21(18,19)15-9-13-5-3-4-7-20-13/h8,10,13,15,17H,2-7,9,11H2,1H3. The van der Waals surface area contributed by atoms with Gasteiger partial charge in [-0.3, -0.25) is 0 Å². The minimum Gasteiger partial charge on any atom is -0.390 e. The molecule has 0 bridgehead atoms. The number of aromatic nitrogens is 1. The zero-order valence-electron chi connectivity index (χ0n) is 12.4. The Hall–Kier alpha value is -0.890. The van der Waals surface area contributed by atoms with E-state index in [1.807, 2.05) is 6.92 Å². The van der Waals surface area contributed by atoms with Gasteiger partial charge in [0, 0.05) is 31.6 Å². The first-order valence-electron chi connectivity index (χ1n) is 7.48. The molecule has 1 aromatic rings. The molecule has 1 aliphatic rings. The number of nitrogens with one attached hydrogen (secondary N) is 1. The third-order valence-corrected chi connectivity index (χ3v) is 5.06. The zero-order valence-corrected chi connectivity index (χ0v) is 13.2. The molecule has 1 unspecified atom stereocenters. The largest absolute Gasteiger partial charge is 0.390 e.